The van der Waals surface area contributed by atoms with Crippen LogP contribution in [0.15, 0.2) is 29.3 Å². The van der Waals surface area contributed by atoms with Gasteiger partial charge in [-0.25, -0.2) is 9.59 Å². The molecule has 0 aliphatic carbocycles. The Morgan fingerprint density at radius 1 is 1.64 bits per heavy atom. The van der Waals surface area contributed by atoms with E-state index in [0.717, 1.165) is 0 Å². The van der Waals surface area contributed by atoms with Gasteiger partial charge in [0.05, 0.1) is 12.2 Å². The molecule has 1 aliphatic heterocycles. The zero-order valence-corrected chi connectivity index (χ0v) is 7.53. The third kappa shape index (κ3) is 2.02. The summed E-state index contributed by atoms with van der Waals surface area (Å²) < 4.78 is 5.06. The summed E-state index contributed by atoms with van der Waals surface area (Å²) in [6, 6.07) is 0. The molecule has 1 heterocycles. The number of rotatable bonds is 3. The van der Waals surface area contributed by atoms with Gasteiger partial charge in [-0.2, -0.15) is 0 Å². The van der Waals surface area contributed by atoms with Gasteiger partial charge in [0.25, 0.3) is 0 Å². The van der Waals surface area contributed by atoms with Gasteiger partial charge >= 0.3 is 5.97 Å². The Labute approximate surface area is 80.4 Å². The largest absolute Gasteiger partial charge is 0.479 e. The van der Waals surface area contributed by atoms with E-state index in [1.165, 1.54) is 18.1 Å². The Morgan fingerprint density at radius 2 is 2.36 bits per heavy atom. The maximum atomic E-state index is 10.6. The van der Waals surface area contributed by atoms with Gasteiger partial charge in [-0.1, -0.05) is 0 Å². The maximum absolute atomic E-state index is 10.6. The molecule has 74 valence electrons. The number of aliphatic carboxylic acids is 1. The van der Waals surface area contributed by atoms with E-state index in [2.05, 4.69) is 5.32 Å². The molecule has 0 fully saturated rings. The second kappa shape index (κ2) is 4.30. The van der Waals surface area contributed by atoms with E-state index in [9.17, 15) is 9.59 Å². The van der Waals surface area contributed by atoms with E-state index in [1.807, 2.05) is 0 Å². The molecule has 0 aromatic heterocycles. The molecule has 1 rings (SSSR count). The zero-order chi connectivity index (χ0) is 10.6. The third-order valence-corrected chi connectivity index (χ3v) is 1.55. The van der Waals surface area contributed by atoms with Crippen molar-refractivity contribution in [3.8, 4) is 0 Å². The lowest BCUT2D eigenvalue weighted by molar-refractivity contribution is -0.132. The highest BCUT2D eigenvalue weighted by Gasteiger charge is 2.18. The number of dihydropyridines is 1. The summed E-state index contributed by atoms with van der Waals surface area (Å²) in [5.41, 5.74) is -0.244. The van der Waals surface area contributed by atoms with E-state index in [0.29, 0.717) is 12.5 Å². The molecular weight excluding hydrogens is 186 g/mol. The third-order valence-electron chi connectivity index (χ3n) is 1.55. The lowest BCUT2D eigenvalue weighted by Crippen LogP contribution is -2.23. The summed E-state index contributed by atoms with van der Waals surface area (Å²) >= 11 is 0. The molecule has 0 amide bonds. The van der Waals surface area contributed by atoms with Gasteiger partial charge in [0.1, 0.15) is 5.70 Å². The Morgan fingerprint density at radius 3 is 2.86 bits per heavy atom. The zero-order valence-electron chi connectivity index (χ0n) is 7.53. The van der Waals surface area contributed by atoms with Gasteiger partial charge in [-0.15, -0.1) is 0 Å². The van der Waals surface area contributed by atoms with E-state index in [4.69, 9.17) is 9.84 Å². The van der Waals surface area contributed by atoms with Crippen LogP contribution in [0.25, 0.3) is 0 Å². The molecule has 14 heavy (non-hydrogen) atoms. The van der Waals surface area contributed by atoms with E-state index >= 15 is 0 Å². The van der Waals surface area contributed by atoms with Crippen molar-refractivity contribution in [2.45, 2.75) is 6.92 Å². The summed E-state index contributed by atoms with van der Waals surface area (Å²) in [6.07, 6.45) is 2.75. The quantitative estimate of drug-likeness (QED) is 0.629. The number of carboxylic acid groups (broad SMARTS) is 1. The Bertz CT molecular complexity index is 361. The van der Waals surface area contributed by atoms with Crippen LogP contribution < -0.4 is 5.32 Å². The van der Waals surface area contributed by atoms with Crippen molar-refractivity contribution >= 4 is 11.9 Å². The van der Waals surface area contributed by atoms with Crippen LogP contribution in [0, 0.1) is 0 Å². The fourth-order valence-electron chi connectivity index (χ4n) is 0.973. The van der Waals surface area contributed by atoms with Gasteiger partial charge in [0, 0.05) is 0 Å². The summed E-state index contributed by atoms with van der Waals surface area (Å²) in [6.45, 7) is 2.21. The average Bonchev–Trinajstić information content (AvgIpc) is 2.17. The molecule has 0 unspecified atom stereocenters. The molecule has 2 N–H and O–H groups in total. The minimum absolute atomic E-state index is 0.122. The minimum atomic E-state index is -1.18. The summed E-state index contributed by atoms with van der Waals surface area (Å²) in [7, 11) is 0. The summed E-state index contributed by atoms with van der Waals surface area (Å²) in [5, 5.41) is 11.2. The highest BCUT2D eigenvalue weighted by atomic mass is 16.5. The van der Waals surface area contributed by atoms with Crippen molar-refractivity contribution in [3.05, 3.63) is 29.3 Å². The lowest BCUT2D eigenvalue weighted by atomic mass is 10.1. The molecule has 0 saturated heterocycles. The van der Waals surface area contributed by atoms with Crippen LogP contribution in [0.2, 0.25) is 0 Å². The molecular formula is C9H9NO4. The number of carbonyl (C=O) groups excluding carboxylic acids is 1. The molecule has 5 nitrogen and oxygen atoms in total. The normalized spacial score (nSPS) is 14.8. The van der Waals surface area contributed by atoms with E-state index in [-0.39, 0.29) is 11.3 Å². The topological polar surface area (TPSA) is 75.6 Å². The molecule has 0 spiro atoms. The van der Waals surface area contributed by atoms with Crippen LogP contribution in [0.5, 0.6) is 0 Å². The van der Waals surface area contributed by atoms with Crippen LogP contribution in [-0.4, -0.2) is 23.6 Å². The van der Waals surface area contributed by atoms with E-state index in [1.54, 1.807) is 6.92 Å². The van der Waals surface area contributed by atoms with Gasteiger partial charge in [-0.3, -0.25) is 0 Å². The van der Waals surface area contributed by atoms with Crippen LogP contribution in [0.1, 0.15) is 6.92 Å². The van der Waals surface area contributed by atoms with Gasteiger partial charge in [0.2, 0.25) is 0 Å². The van der Waals surface area contributed by atoms with Gasteiger partial charge in [-0.05, 0) is 19.1 Å². The molecule has 0 saturated carbocycles. The Hall–Kier alpha value is -2.00. The highest BCUT2D eigenvalue weighted by Crippen LogP contribution is 2.13. The number of nitrogens with one attached hydrogen (secondary N) is 1. The second-order valence-electron chi connectivity index (χ2n) is 2.45. The first-order chi connectivity index (χ1) is 6.69. The monoisotopic (exact) mass is 195 g/mol. The van der Waals surface area contributed by atoms with Crippen molar-refractivity contribution in [3.63, 3.8) is 0 Å². The van der Waals surface area contributed by atoms with Crippen molar-refractivity contribution in [1.29, 1.82) is 0 Å². The Kier molecular flexibility index (Phi) is 3.09. The summed E-state index contributed by atoms with van der Waals surface area (Å²) in [5.74, 6) is 0.675. The predicted octanol–water partition coefficient (Wildman–Crippen LogP) is 0.194. The van der Waals surface area contributed by atoms with Crippen molar-refractivity contribution in [2.24, 2.45) is 0 Å². The van der Waals surface area contributed by atoms with Crippen molar-refractivity contribution in [1.82, 2.24) is 5.32 Å². The number of carboxylic acids is 1. The first-order valence-corrected chi connectivity index (χ1v) is 3.99. The molecule has 1 aliphatic rings. The molecule has 0 atom stereocenters. The smallest absolute Gasteiger partial charge is 0.338 e. The first-order valence-electron chi connectivity index (χ1n) is 3.99. The van der Waals surface area contributed by atoms with Crippen LogP contribution >= 0.6 is 0 Å². The van der Waals surface area contributed by atoms with E-state index < -0.39 is 5.97 Å². The van der Waals surface area contributed by atoms with Crippen molar-refractivity contribution < 1.29 is 19.4 Å². The van der Waals surface area contributed by atoms with Crippen LogP contribution in [0.4, 0.5) is 0 Å². The summed E-state index contributed by atoms with van der Waals surface area (Å²) in [4.78, 5) is 21.0. The molecule has 0 aromatic rings. The molecule has 0 bridgehead atoms. The Balaban J connectivity index is 2.96. The maximum Gasteiger partial charge on any atom is 0.338 e. The number of hydrogen-bond donors (Lipinski definition) is 2. The number of ether oxygens (including phenoxy) is 1. The predicted molar refractivity (Wildman–Crippen MR) is 47.8 cm³/mol. The number of allylic oxidation sites excluding steroid dienone is 2. The fraction of sp³-hybridized carbons (Fsp3) is 0.222. The second-order valence-corrected chi connectivity index (χ2v) is 2.45. The molecule has 0 radical (unpaired) electrons. The molecule has 0 aromatic carbocycles. The first kappa shape index (κ1) is 10.1. The number of hydrogen-bond acceptors (Lipinski definition) is 4. The van der Waals surface area contributed by atoms with Gasteiger partial charge in [0.15, 0.2) is 11.8 Å². The minimum Gasteiger partial charge on any atom is -0.479 e. The standard InChI is InChI=1S/C9H9NO4/c1-2-14-8-4-3-6(9(12)13)7(5-11)10-8/h3-4,10H,2H2,1H3,(H,12,13). The van der Waals surface area contributed by atoms with Crippen molar-refractivity contribution in [2.75, 3.05) is 6.61 Å². The fourth-order valence-corrected chi connectivity index (χ4v) is 0.973. The van der Waals surface area contributed by atoms with Crippen LogP contribution in [0.3, 0.4) is 0 Å². The van der Waals surface area contributed by atoms with Crippen LogP contribution in [-0.2, 0) is 14.3 Å². The lowest BCUT2D eigenvalue weighted by Gasteiger charge is -2.15. The molecule has 5 heteroatoms. The highest BCUT2D eigenvalue weighted by molar-refractivity contribution is 5.95. The van der Waals surface area contributed by atoms with Gasteiger partial charge < -0.3 is 15.2 Å². The number of carbonyl (C=O) groups is 1. The SMILES string of the molecule is CCOC1=CC=C(C(=O)O)C(=C=O)N1. The average molecular weight is 195 g/mol.